The number of benzene rings is 1. The van der Waals surface area contributed by atoms with Crippen LogP contribution < -0.4 is 4.74 Å². The first kappa shape index (κ1) is 20.6. The first-order chi connectivity index (χ1) is 14.4. The predicted octanol–water partition coefficient (Wildman–Crippen LogP) is 2.08. The molecule has 2 aliphatic heterocycles. The SMILES string of the molecule is COc1ccc(C2=NN(C(=O)CN(C)C3CCS(=O)(=O)C3)C(c3ccco3)C2)cc1. The topological polar surface area (TPSA) is 92.4 Å². The van der Waals surface area contributed by atoms with E-state index in [0.29, 0.717) is 18.6 Å². The maximum atomic E-state index is 13.1. The van der Waals surface area contributed by atoms with Gasteiger partial charge in [-0.2, -0.15) is 5.10 Å². The first-order valence-electron chi connectivity index (χ1n) is 9.84. The summed E-state index contributed by atoms with van der Waals surface area (Å²) in [5.41, 5.74) is 1.70. The number of carbonyl (C=O) groups is 1. The van der Waals surface area contributed by atoms with E-state index in [9.17, 15) is 13.2 Å². The van der Waals surface area contributed by atoms with Crippen molar-refractivity contribution in [1.82, 2.24) is 9.91 Å². The Balaban J connectivity index is 1.54. The van der Waals surface area contributed by atoms with Gasteiger partial charge in [0.15, 0.2) is 9.84 Å². The van der Waals surface area contributed by atoms with Crippen molar-refractivity contribution in [3.8, 4) is 5.75 Å². The van der Waals surface area contributed by atoms with Crippen molar-refractivity contribution < 1.29 is 22.4 Å². The average Bonchev–Trinajstić information content (AvgIpc) is 3.47. The maximum Gasteiger partial charge on any atom is 0.257 e. The number of sulfone groups is 1. The van der Waals surface area contributed by atoms with Crippen LogP contribution in [0.4, 0.5) is 0 Å². The zero-order chi connectivity index (χ0) is 21.3. The monoisotopic (exact) mass is 431 g/mol. The van der Waals surface area contributed by atoms with Gasteiger partial charge in [-0.05, 0) is 55.4 Å². The van der Waals surface area contributed by atoms with Gasteiger partial charge in [-0.1, -0.05) is 0 Å². The van der Waals surface area contributed by atoms with Gasteiger partial charge in [-0.25, -0.2) is 13.4 Å². The molecule has 1 amide bonds. The molecule has 0 spiro atoms. The third-order valence-corrected chi connectivity index (χ3v) is 7.43. The second kappa shape index (κ2) is 8.23. The van der Waals surface area contributed by atoms with Crippen molar-refractivity contribution in [3.63, 3.8) is 0 Å². The van der Waals surface area contributed by atoms with Crippen LogP contribution >= 0.6 is 0 Å². The highest BCUT2D eigenvalue weighted by Gasteiger charge is 2.37. The second-order valence-corrected chi connectivity index (χ2v) is 9.95. The Morgan fingerprint density at radius 2 is 2.07 bits per heavy atom. The number of ether oxygens (including phenoxy) is 1. The van der Waals surface area contributed by atoms with E-state index in [1.807, 2.05) is 35.2 Å². The van der Waals surface area contributed by atoms with Gasteiger partial charge in [0, 0.05) is 12.5 Å². The number of amides is 1. The van der Waals surface area contributed by atoms with Crippen LogP contribution in [0.5, 0.6) is 5.75 Å². The fourth-order valence-electron chi connectivity index (χ4n) is 3.94. The summed E-state index contributed by atoms with van der Waals surface area (Å²) in [4.78, 5) is 14.9. The van der Waals surface area contributed by atoms with Gasteiger partial charge < -0.3 is 9.15 Å². The number of methoxy groups -OCH3 is 1. The van der Waals surface area contributed by atoms with Gasteiger partial charge in [0.25, 0.3) is 5.91 Å². The van der Waals surface area contributed by atoms with Crippen LogP contribution in [0.15, 0.2) is 52.2 Å². The summed E-state index contributed by atoms with van der Waals surface area (Å²) in [5.74, 6) is 1.50. The normalized spacial score (nSPS) is 23.0. The van der Waals surface area contributed by atoms with E-state index in [-0.39, 0.29) is 36.0 Å². The smallest absolute Gasteiger partial charge is 0.257 e. The molecule has 2 aliphatic rings. The Kier molecular flexibility index (Phi) is 5.66. The largest absolute Gasteiger partial charge is 0.497 e. The molecule has 1 saturated heterocycles. The first-order valence-corrected chi connectivity index (χ1v) is 11.7. The molecule has 0 bridgehead atoms. The average molecular weight is 432 g/mol. The molecule has 30 heavy (non-hydrogen) atoms. The number of carbonyl (C=O) groups excluding carboxylic acids is 1. The molecule has 160 valence electrons. The summed E-state index contributed by atoms with van der Waals surface area (Å²) in [6, 6.07) is 10.7. The fraction of sp³-hybridized carbons (Fsp3) is 0.429. The highest BCUT2D eigenvalue weighted by Crippen LogP contribution is 2.33. The van der Waals surface area contributed by atoms with Crippen LogP contribution in [0.3, 0.4) is 0 Å². The lowest BCUT2D eigenvalue weighted by atomic mass is 10.0. The molecule has 1 fully saturated rings. The number of hydrogen-bond donors (Lipinski definition) is 0. The van der Waals surface area contributed by atoms with Crippen molar-refractivity contribution in [1.29, 1.82) is 0 Å². The summed E-state index contributed by atoms with van der Waals surface area (Å²) >= 11 is 0. The molecule has 2 atom stereocenters. The zero-order valence-corrected chi connectivity index (χ0v) is 17.8. The van der Waals surface area contributed by atoms with Crippen molar-refractivity contribution in [2.24, 2.45) is 5.10 Å². The molecule has 2 unspecified atom stereocenters. The summed E-state index contributed by atoms with van der Waals surface area (Å²) in [7, 11) is 0.388. The van der Waals surface area contributed by atoms with Crippen molar-refractivity contribution in [2.75, 3.05) is 32.2 Å². The van der Waals surface area contributed by atoms with Crippen molar-refractivity contribution >= 4 is 21.5 Å². The second-order valence-electron chi connectivity index (χ2n) is 7.72. The molecular weight excluding hydrogens is 406 g/mol. The minimum Gasteiger partial charge on any atom is -0.497 e. The molecule has 1 aromatic carbocycles. The Morgan fingerprint density at radius 1 is 1.30 bits per heavy atom. The van der Waals surface area contributed by atoms with E-state index in [0.717, 1.165) is 17.0 Å². The van der Waals surface area contributed by atoms with Gasteiger partial charge >= 0.3 is 0 Å². The lowest BCUT2D eigenvalue weighted by Gasteiger charge is -2.26. The minimum absolute atomic E-state index is 0.0940. The quantitative estimate of drug-likeness (QED) is 0.695. The molecule has 4 rings (SSSR count). The third kappa shape index (κ3) is 4.27. The number of rotatable bonds is 6. The molecule has 0 N–H and O–H groups in total. The van der Waals surface area contributed by atoms with Crippen LogP contribution in [0.25, 0.3) is 0 Å². The third-order valence-electron chi connectivity index (χ3n) is 5.68. The number of hydrogen-bond acceptors (Lipinski definition) is 7. The van der Waals surface area contributed by atoms with Gasteiger partial charge in [0.1, 0.15) is 17.6 Å². The van der Waals surface area contributed by atoms with E-state index in [1.54, 1.807) is 26.5 Å². The molecule has 0 saturated carbocycles. The fourth-order valence-corrected chi connectivity index (χ4v) is 5.74. The van der Waals surface area contributed by atoms with E-state index < -0.39 is 9.84 Å². The minimum atomic E-state index is -3.01. The van der Waals surface area contributed by atoms with E-state index in [4.69, 9.17) is 9.15 Å². The molecule has 3 heterocycles. The Labute approximate surface area is 176 Å². The van der Waals surface area contributed by atoms with Crippen LogP contribution in [0, 0.1) is 0 Å². The Bertz CT molecular complexity index is 1030. The number of likely N-dealkylation sites (N-methyl/N-ethyl adjacent to an activating group) is 1. The maximum absolute atomic E-state index is 13.1. The van der Waals surface area contributed by atoms with Gasteiger partial charge in [0.05, 0.1) is 37.1 Å². The standard InChI is InChI=1S/C21H25N3O5S/c1-23(16-9-11-30(26,27)14-16)13-21(25)24-19(20-4-3-10-29-20)12-18(22-24)15-5-7-17(28-2)8-6-15/h3-8,10,16,19H,9,11-14H2,1-2H3. The summed E-state index contributed by atoms with van der Waals surface area (Å²) in [6.07, 6.45) is 2.67. The van der Waals surface area contributed by atoms with Crippen LogP contribution in [-0.2, 0) is 14.6 Å². The van der Waals surface area contributed by atoms with Crippen LogP contribution in [-0.4, -0.2) is 68.2 Å². The molecule has 2 aromatic rings. The zero-order valence-electron chi connectivity index (χ0n) is 17.0. The van der Waals surface area contributed by atoms with E-state index in [2.05, 4.69) is 5.10 Å². The molecular formula is C21H25N3O5S. The number of furan rings is 1. The number of nitrogens with zero attached hydrogens (tertiary/aromatic N) is 3. The van der Waals surface area contributed by atoms with Gasteiger partial charge in [-0.15, -0.1) is 0 Å². The Hall–Kier alpha value is -2.65. The molecule has 0 aliphatic carbocycles. The molecule has 8 nitrogen and oxygen atoms in total. The lowest BCUT2D eigenvalue weighted by molar-refractivity contribution is -0.134. The summed E-state index contributed by atoms with van der Waals surface area (Å²) in [6.45, 7) is 0.0940. The van der Waals surface area contributed by atoms with Gasteiger partial charge in [-0.3, -0.25) is 9.69 Å². The summed E-state index contributed by atoms with van der Waals surface area (Å²) < 4.78 is 34.3. The van der Waals surface area contributed by atoms with Crippen LogP contribution in [0.2, 0.25) is 0 Å². The highest BCUT2D eigenvalue weighted by atomic mass is 32.2. The van der Waals surface area contributed by atoms with Crippen LogP contribution in [0.1, 0.15) is 30.2 Å². The molecule has 0 radical (unpaired) electrons. The predicted molar refractivity (Wildman–Crippen MR) is 112 cm³/mol. The molecule has 1 aromatic heterocycles. The summed E-state index contributed by atoms with van der Waals surface area (Å²) in [5, 5.41) is 6.08. The Morgan fingerprint density at radius 3 is 2.67 bits per heavy atom. The lowest BCUT2D eigenvalue weighted by Crippen LogP contribution is -2.41. The molecule has 9 heteroatoms. The van der Waals surface area contributed by atoms with Gasteiger partial charge in [0.2, 0.25) is 0 Å². The number of hydrazone groups is 1. The highest BCUT2D eigenvalue weighted by molar-refractivity contribution is 7.91. The van der Waals surface area contributed by atoms with E-state index >= 15 is 0 Å². The van der Waals surface area contributed by atoms with Crippen molar-refractivity contribution in [3.05, 3.63) is 54.0 Å². The van der Waals surface area contributed by atoms with Crippen molar-refractivity contribution in [2.45, 2.75) is 24.9 Å². The van der Waals surface area contributed by atoms with E-state index in [1.165, 1.54) is 5.01 Å².